The molecular formula is C19H18BrClN2O2. The van der Waals surface area contributed by atoms with Crippen LogP contribution in [0.1, 0.15) is 28.8 Å². The number of carbonyl (C=O) groups is 2. The van der Waals surface area contributed by atoms with Crippen LogP contribution in [0.5, 0.6) is 0 Å². The zero-order chi connectivity index (χ0) is 17.8. The number of likely N-dealkylation sites (tertiary alicyclic amines) is 1. The Morgan fingerprint density at radius 2 is 1.76 bits per heavy atom. The zero-order valence-electron chi connectivity index (χ0n) is 13.6. The lowest BCUT2D eigenvalue weighted by Gasteiger charge is -2.15. The van der Waals surface area contributed by atoms with E-state index in [-0.39, 0.29) is 11.8 Å². The van der Waals surface area contributed by atoms with Crippen LogP contribution in [0.15, 0.2) is 46.9 Å². The van der Waals surface area contributed by atoms with Gasteiger partial charge < -0.3 is 10.2 Å². The van der Waals surface area contributed by atoms with Crippen molar-refractivity contribution in [3.8, 4) is 0 Å². The van der Waals surface area contributed by atoms with Crippen molar-refractivity contribution in [3.63, 3.8) is 0 Å². The summed E-state index contributed by atoms with van der Waals surface area (Å²) in [5.74, 6) is -0.109. The highest BCUT2D eigenvalue weighted by molar-refractivity contribution is 9.10. The van der Waals surface area contributed by atoms with Gasteiger partial charge in [-0.05, 0) is 48.7 Å². The summed E-state index contributed by atoms with van der Waals surface area (Å²) in [4.78, 5) is 26.4. The van der Waals surface area contributed by atoms with Gasteiger partial charge in [-0.2, -0.15) is 0 Å². The van der Waals surface area contributed by atoms with Gasteiger partial charge in [-0.3, -0.25) is 9.59 Å². The number of anilines is 1. The predicted octanol–water partition coefficient (Wildman–Crippen LogP) is 4.52. The van der Waals surface area contributed by atoms with Gasteiger partial charge in [-0.25, -0.2) is 0 Å². The molecule has 0 spiro atoms. The first-order valence-electron chi connectivity index (χ1n) is 8.16. The Balaban J connectivity index is 1.63. The molecule has 3 rings (SSSR count). The summed E-state index contributed by atoms with van der Waals surface area (Å²) in [6, 6.07) is 12.5. The molecule has 25 heavy (non-hydrogen) atoms. The molecule has 6 heteroatoms. The van der Waals surface area contributed by atoms with Crippen molar-refractivity contribution >= 4 is 45.0 Å². The molecule has 1 aliphatic rings. The fourth-order valence-corrected chi connectivity index (χ4v) is 3.39. The maximum absolute atomic E-state index is 12.3. The summed E-state index contributed by atoms with van der Waals surface area (Å²) in [6.07, 6.45) is 2.58. The Kier molecular flexibility index (Phi) is 5.76. The Hall–Kier alpha value is -1.85. The average molecular weight is 422 g/mol. The zero-order valence-corrected chi connectivity index (χ0v) is 15.9. The van der Waals surface area contributed by atoms with E-state index >= 15 is 0 Å². The molecule has 0 saturated carbocycles. The van der Waals surface area contributed by atoms with Gasteiger partial charge in [0.15, 0.2) is 0 Å². The number of amides is 2. The van der Waals surface area contributed by atoms with Gasteiger partial charge in [0.2, 0.25) is 5.91 Å². The van der Waals surface area contributed by atoms with Crippen molar-refractivity contribution in [3.05, 3.63) is 63.1 Å². The summed E-state index contributed by atoms with van der Waals surface area (Å²) < 4.78 is 0.790. The molecule has 1 aliphatic heterocycles. The minimum absolute atomic E-state index is 0.162. The van der Waals surface area contributed by atoms with E-state index in [0.717, 1.165) is 36.0 Å². The highest BCUT2D eigenvalue weighted by Crippen LogP contribution is 2.22. The van der Waals surface area contributed by atoms with Gasteiger partial charge >= 0.3 is 0 Å². The first-order valence-corrected chi connectivity index (χ1v) is 9.33. The van der Waals surface area contributed by atoms with Crippen molar-refractivity contribution < 1.29 is 9.59 Å². The molecule has 0 aromatic heterocycles. The molecule has 1 N–H and O–H groups in total. The number of hydrogen-bond acceptors (Lipinski definition) is 2. The van der Waals surface area contributed by atoms with Crippen molar-refractivity contribution in [2.75, 3.05) is 18.4 Å². The van der Waals surface area contributed by atoms with Crippen molar-refractivity contribution in [1.29, 1.82) is 0 Å². The van der Waals surface area contributed by atoms with Crippen LogP contribution in [-0.4, -0.2) is 29.8 Å². The largest absolute Gasteiger partial charge is 0.342 e. The Labute approximate surface area is 160 Å². The smallest absolute Gasteiger partial charge is 0.257 e. The molecule has 0 unspecified atom stereocenters. The fourth-order valence-electron chi connectivity index (χ4n) is 2.83. The summed E-state index contributed by atoms with van der Waals surface area (Å²) in [6.45, 7) is 1.72. The summed E-state index contributed by atoms with van der Waals surface area (Å²) >= 11 is 9.41. The molecule has 0 atom stereocenters. The molecule has 0 aliphatic carbocycles. The third-order valence-electron chi connectivity index (χ3n) is 4.20. The number of halogens is 2. The van der Waals surface area contributed by atoms with E-state index in [0.29, 0.717) is 22.7 Å². The van der Waals surface area contributed by atoms with Gasteiger partial charge in [0.1, 0.15) is 0 Å². The normalized spacial score (nSPS) is 13.8. The highest BCUT2D eigenvalue weighted by atomic mass is 79.9. The van der Waals surface area contributed by atoms with Gasteiger partial charge in [0.25, 0.3) is 5.91 Å². The standard InChI is InChI=1S/C19H18BrClN2O2/c20-14-5-8-17(21)16(12-14)19(25)22-15-6-3-13(4-7-15)11-18(24)23-9-1-2-10-23/h3-8,12H,1-2,9-11H2,(H,22,25). The third-order valence-corrected chi connectivity index (χ3v) is 5.02. The summed E-state index contributed by atoms with van der Waals surface area (Å²) in [5, 5.41) is 3.22. The number of nitrogens with one attached hydrogen (secondary N) is 1. The second kappa shape index (κ2) is 8.02. The molecule has 0 bridgehead atoms. The summed E-state index contributed by atoms with van der Waals surface area (Å²) in [7, 11) is 0. The first-order chi connectivity index (χ1) is 12.0. The van der Waals surface area contributed by atoms with Gasteiger partial charge in [0, 0.05) is 23.2 Å². The van der Waals surface area contributed by atoms with E-state index in [4.69, 9.17) is 11.6 Å². The molecule has 2 aromatic carbocycles. The number of hydrogen-bond donors (Lipinski definition) is 1. The van der Waals surface area contributed by atoms with Crippen LogP contribution in [0, 0.1) is 0 Å². The quantitative estimate of drug-likeness (QED) is 0.789. The maximum atomic E-state index is 12.3. The lowest BCUT2D eigenvalue weighted by Crippen LogP contribution is -2.29. The number of rotatable bonds is 4. The molecule has 4 nitrogen and oxygen atoms in total. The fraction of sp³-hybridized carbons (Fsp3) is 0.263. The van der Waals surface area contributed by atoms with E-state index in [1.165, 1.54) is 0 Å². The number of carbonyl (C=O) groups excluding carboxylic acids is 2. The lowest BCUT2D eigenvalue weighted by molar-refractivity contribution is -0.129. The van der Waals surface area contributed by atoms with Crippen molar-refractivity contribution in [2.24, 2.45) is 0 Å². The molecular weight excluding hydrogens is 404 g/mol. The maximum Gasteiger partial charge on any atom is 0.257 e. The minimum atomic E-state index is -0.271. The molecule has 1 fully saturated rings. The van der Waals surface area contributed by atoms with Crippen LogP contribution in [0.2, 0.25) is 5.02 Å². The third kappa shape index (κ3) is 4.61. The van der Waals surface area contributed by atoms with Crippen LogP contribution in [0.4, 0.5) is 5.69 Å². The first kappa shape index (κ1) is 18.0. The Morgan fingerprint density at radius 1 is 1.08 bits per heavy atom. The van der Waals surface area contributed by atoms with Crippen LogP contribution in [0.25, 0.3) is 0 Å². The Morgan fingerprint density at radius 3 is 2.44 bits per heavy atom. The van der Waals surface area contributed by atoms with Gasteiger partial charge in [0.05, 0.1) is 17.0 Å². The Bertz CT molecular complexity index is 787. The van der Waals surface area contributed by atoms with Gasteiger partial charge in [-0.15, -0.1) is 0 Å². The van der Waals surface area contributed by atoms with E-state index in [9.17, 15) is 9.59 Å². The number of benzene rings is 2. The van der Waals surface area contributed by atoms with Crippen LogP contribution in [0.3, 0.4) is 0 Å². The van der Waals surface area contributed by atoms with E-state index in [2.05, 4.69) is 21.2 Å². The topological polar surface area (TPSA) is 49.4 Å². The molecule has 130 valence electrons. The second-order valence-corrected chi connectivity index (χ2v) is 7.36. The molecule has 2 amide bonds. The second-order valence-electron chi connectivity index (χ2n) is 6.04. The van der Waals surface area contributed by atoms with Crippen LogP contribution >= 0.6 is 27.5 Å². The molecule has 0 radical (unpaired) electrons. The molecule has 1 saturated heterocycles. The highest BCUT2D eigenvalue weighted by Gasteiger charge is 2.18. The molecule has 2 aromatic rings. The van der Waals surface area contributed by atoms with Crippen LogP contribution < -0.4 is 5.32 Å². The predicted molar refractivity (Wildman–Crippen MR) is 103 cm³/mol. The summed E-state index contributed by atoms with van der Waals surface area (Å²) in [5.41, 5.74) is 2.01. The SMILES string of the molecule is O=C(Nc1ccc(CC(=O)N2CCCC2)cc1)c1cc(Br)ccc1Cl. The van der Waals surface area contributed by atoms with Crippen molar-refractivity contribution in [1.82, 2.24) is 4.90 Å². The monoisotopic (exact) mass is 420 g/mol. The van der Waals surface area contributed by atoms with E-state index in [1.54, 1.807) is 30.3 Å². The lowest BCUT2D eigenvalue weighted by atomic mass is 10.1. The van der Waals surface area contributed by atoms with Gasteiger partial charge in [-0.1, -0.05) is 39.7 Å². The average Bonchev–Trinajstić information content (AvgIpc) is 3.13. The minimum Gasteiger partial charge on any atom is -0.342 e. The van der Waals surface area contributed by atoms with Crippen molar-refractivity contribution in [2.45, 2.75) is 19.3 Å². The number of nitrogens with zero attached hydrogens (tertiary/aromatic N) is 1. The van der Waals surface area contributed by atoms with E-state index < -0.39 is 0 Å². The van der Waals surface area contributed by atoms with Crippen LogP contribution in [-0.2, 0) is 11.2 Å². The van der Waals surface area contributed by atoms with E-state index in [1.807, 2.05) is 17.0 Å². The molecule has 1 heterocycles.